The van der Waals surface area contributed by atoms with Crippen LogP contribution in [0, 0.1) is 5.92 Å². The van der Waals surface area contributed by atoms with E-state index in [-0.39, 0.29) is 17.7 Å². The number of hydrazone groups is 1. The number of nitrogens with one attached hydrogen (secondary N) is 2. The highest BCUT2D eigenvalue weighted by atomic mass is 16.2. The van der Waals surface area contributed by atoms with Crippen molar-refractivity contribution < 1.29 is 9.59 Å². The molecule has 0 aliphatic heterocycles. The van der Waals surface area contributed by atoms with Crippen molar-refractivity contribution in [1.29, 1.82) is 0 Å². The highest BCUT2D eigenvalue weighted by molar-refractivity contribution is 5.96. The summed E-state index contributed by atoms with van der Waals surface area (Å²) in [6, 6.07) is 14.7. The van der Waals surface area contributed by atoms with Gasteiger partial charge >= 0.3 is 0 Å². The number of hydrogen-bond acceptors (Lipinski definition) is 3. The molecule has 26 heavy (non-hydrogen) atoms. The first-order chi connectivity index (χ1) is 12.4. The molecule has 136 valence electrons. The number of hydrogen-bond donors (Lipinski definition) is 2. The van der Waals surface area contributed by atoms with Crippen LogP contribution in [0.3, 0.4) is 0 Å². The van der Waals surface area contributed by atoms with Gasteiger partial charge in [0.15, 0.2) is 0 Å². The molecule has 2 amide bonds. The van der Waals surface area contributed by atoms with Crippen LogP contribution < -0.4 is 10.7 Å². The van der Waals surface area contributed by atoms with E-state index < -0.39 is 0 Å². The predicted molar refractivity (Wildman–Crippen MR) is 106 cm³/mol. The molecule has 2 N–H and O–H groups in total. The number of carbonyl (C=O) groups excluding carboxylic acids is 2. The maximum atomic E-state index is 12.1. The van der Waals surface area contributed by atoms with Gasteiger partial charge in [-0.15, -0.1) is 0 Å². The van der Waals surface area contributed by atoms with E-state index in [9.17, 15) is 9.59 Å². The SMILES string of the molecule is CC(C)C(=O)Nc1ccc(C(=O)N/N=C/c2ccc(C(C)C)cc2)cc1. The minimum Gasteiger partial charge on any atom is -0.326 e. The second kappa shape index (κ2) is 8.94. The molecule has 0 bridgehead atoms. The summed E-state index contributed by atoms with van der Waals surface area (Å²) >= 11 is 0. The van der Waals surface area contributed by atoms with Crippen molar-refractivity contribution in [2.45, 2.75) is 33.6 Å². The summed E-state index contributed by atoms with van der Waals surface area (Å²) in [5.41, 5.74) is 5.82. The lowest BCUT2D eigenvalue weighted by molar-refractivity contribution is -0.118. The van der Waals surface area contributed by atoms with E-state index in [1.54, 1.807) is 30.5 Å². The average Bonchev–Trinajstić information content (AvgIpc) is 2.62. The zero-order valence-electron chi connectivity index (χ0n) is 15.6. The van der Waals surface area contributed by atoms with Gasteiger partial charge in [-0.3, -0.25) is 9.59 Å². The first-order valence-corrected chi connectivity index (χ1v) is 8.71. The molecule has 5 heteroatoms. The number of nitrogens with zero attached hydrogens (tertiary/aromatic N) is 1. The number of rotatable bonds is 6. The van der Waals surface area contributed by atoms with Gasteiger partial charge < -0.3 is 5.32 Å². The molecule has 0 fully saturated rings. The van der Waals surface area contributed by atoms with Gasteiger partial charge in [-0.2, -0.15) is 5.10 Å². The Morgan fingerprint density at radius 1 is 0.923 bits per heavy atom. The van der Waals surface area contributed by atoms with Crippen molar-refractivity contribution in [1.82, 2.24) is 5.43 Å². The summed E-state index contributed by atoms with van der Waals surface area (Å²) in [6.07, 6.45) is 1.61. The van der Waals surface area contributed by atoms with Gasteiger partial charge in [0.25, 0.3) is 5.91 Å². The fourth-order valence-corrected chi connectivity index (χ4v) is 2.19. The van der Waals surface area contributed by atoms with E-state index in [1.807, 2.05) is 26.0 Å². The van der Waals surface area contributed by atoms with E-state index in [4.69, 9.17) is 0 Å². The Labute approximate surface area is 154 Å². The lowest BCUT2D eigenvalue weighted by Crippen LogP contribution is -2.19. The van der Waals surface area contributed by atoms with Gasteiger partial charge in [0.1, 0.15) is 0 Å². The van der Waals surface area contributed by atoms with Crippen LogP contribution in [0.2, 0.25) is 0 Å². The van der Waals surface area contributed by atoms with Crippen molar-refractivity contribution >= 4 is 23.7 Å². The first-order valence-electron chi connectivity index (χ1n) is 8.71. The Hall–Kier alpha value is -2.95. The lowest BCUT2D eigenvalue weighted by atomic mass is 10.0. The summed E-state index contributed by atoms with van der Waals surface area (Å²) in [5, 5.41) is 6.78. The predicted octanol–water partition coefficient (Wildman–Crippen LogP) is 4.17. The molecule has 0 spiro atoms. The molecule has 0 aliphatic rings. The third-order valence-electron chi connectivity index (χ3n) is 3.92. The number of benzene rings is 2. The van der Waals surface area contributed by atoms with Gasteiger partial charge in [0, 0.05) is 17.2 Å². The van der Waals surface area contributed by atoms with Gasteiger partial charge in [-0.05, 0) is 41.3 Å². The molecule has 0 radical (unpaired) electrons. The summed E-state index contributed by atoms with van der Waals surface area (Å²) in [6.45, 7) is 7.93. The molecule has 2 aromatic rings. The normalized spacial score (nSPS) is 11.2. The monoisotopic (exact) mass is 351 g/mol. The molecule has 5 nitrogen and oxygen atoms in total. The van der Waals surface area contributed by atoms with Crippen LogP contribution in [0.4, 0.5) is 5.69 Å². The summed E-state index contributed by atoms with van der Waals surface area (Å²) < 4.78 is 0. The van der Waals surface area contributed by atoms with Gasteiger partial charge in [0.05, 0.1) is 6.21 Å². The van der Waals surface area contributed by atoms with Crippen molar-refractivity contribution in [2.24, 2.45) is 11.0 Å². The third kappa shape index (κ3) is 5.55. The molecule has 0 aromatic heterocycles. The highest BCUT2D eigenvalue weighted by Crippen LogP contribution is 2.14. The van der Waals surface area contributed by atoms with Crippen molar-refractivity contribution in [3.8, 4) is 0 Å². The molecule has 0 heterocycles. The van der Waals surface area contributed by atoms with E-state index >= 15 is 0 Å². The smallest absolute Gasteiger partial charge is 0.271 e. The van der Waals surface area contributed by atoms with E-state index in [1.165, 1.54) is 5.56 Å². The largest absolute Gasteiger partial charge is 0.326 e. The minimum absolute atomic E-state index is 0.0599. The van der Waals surface area contributed by atoms with Crippen LogP contribution in [0.25, 0.3) is 0 Å². The molecule has 0 atom stereocenters. The second-order valence-electron chi connectivity index (χ2n) is 6.74. The van der Waals surface area contributed by atoms with Crippen LogP contribution in [0.1, 0.15) is 55.1 Å². The number of anilines is 1. The van der Waals surface area contributed by atoms with Crippen LogP contribution >= 0.6 is 0 Å². The fourth-order valence-electron chi connectivity index (χ4n) is 2.19. The van der Waals surface area contributed by atoms with Gasteiger partial charge in [-0.1, -0.05) is 52.0 Å². The molecule has 0 unspecified atom stereocenters. The zero-order valence-corrected chi connectivity index (χ0v) is 15.6. The number of carbonyl (C=O) groups is 2. The van der Waals surface area contributed by atoms with Crippen LogP contribution in [0.15, 0.2) is 53.6 Å². The van der Waals surface area contributed by atoms with E-state index in [2.05, 4.69) is 41.8 Å². The van der Waals surface area contributed by atoms with Crippen LogP contribution in [-0.4, -0.2) is 18.0 Å². The van der Waals surface area contributed by atoms with E-state index in [0.29, 0.717) is 17.2 Å². The van der Waals surface area contributed by atoms with Crippen molar-refractivity contribution in [3.05, 3.63) is 65.2 Å². The Morgan fingerprint density at radius 3 is 2.08 bits per heavy atom. The molecule has 0 aliphatic carbocycles. The maximum Gasteiger partial charge on any atom is 0.271 e. The standard InChI is InChI=1S/C21H25N3O2/c1-14(2)17-7-5-16(6-8-17)13-22-24-21(26)18-9-11-19(12-10-18)23-20(25)15(3)4/h5-15H,1-4H3,(H,23,25)(H,24,26)/b22-13+. The zero-order chi connectivity index (χ0) is 19.1. The minimum atomic E-state index is -0.304. The topological polar surface area (TPSA) is 70.6 Å². The maximum absolute atomic E-state index is 12.1. The first kappa shape index (κ1) is 19.4. The molecule has 0 saturated carbocycles. The summed E-state index contributed by atoms with van der Waals surface area (Å²) in [5.74, 6) is 0.0213. The van der Waals surface area contributed by atoms with Gasteiger partial charge in [0.2, 0.25) is 5.91 Å². The quantitative estimate of drug-likeness (QED) is 0.606. The van der Waals surface area contributed by atoms with Gasteiger partial charge in [-0.25, -0.2) is 5.43 Å². The van der Waals surface area contributed by atoms with Crippen LogP contribution in [-0.2, 0) is 4.79 Å². The molecular formula is C21H25N3O2. The Balaban J connectivity index is 1.92. The Kier molecular flexibility index (Phi) is 6.67. The van der Waals surface area contributed by atoms with Crippen molar-refractivity contribution in [2.75, 3.05) is 5.32 Å². The van der Waals surface area contributed by atoms with E-state index in [0.717, 1.165) is 5.56 Å². The third-order valence-corrected chi connectivity index (χ3v) is 3.92. The Morgan fingerprint density at radius 2 is 1.54 bits per heavy atom. The molecule has 0 saturated heterocycles. The fraction of sp³-hybridized carbons (Fsp3) is 0.286. The molecule has 2 rings (SSSR count). The Bertz CT molecular complexity index is 776. The summed E-state index contributed by atoms with van der Waals surface area (Å²) in [4.78, 5) is 23.8. The summed E-state index contributed by atoms with van der Waals surface area (Å²) in [7, 11) is 0. The average molecular weight is 351 g/mol. The van der Waals surface area contributed by atoms with Crippen LogP contribution in [0.5, 0.6) is 0 Å². The second-order valence-corrected chi connectivity index (χ2v) is 6.74. The number of amides is 2. The lowest BCUT2D eigenvalue weighted by Gasteiger charge is -2.08. The van der Waals surface area contributed by atoms with Crippen molar-refractivity contribution in [3.63, 3.8) is 0 Å². The molecule has 2 aromatic carbocycles. The highest BCUT2D eigenvalue weighted by Gasteiger charge is 2.08. The molecular weight excluding hydrogens is 326 g/mol.